The first kappa shape index (κ1) is 16.1. The zero-order chi connectivity index (χ0) is 15.8. The SMILES string of the molecule is COC1(C(=O)c2ccc(C)c(F)c2F)CCC(C)(C)CC1. The van der Waals surface area contributed by atoms with Gasteiger partial charge in [0.25, 0.3) is 0 Å². The molecule has 21 heavy (non-hydrogen) atoms. The van der Waals surface area contributed by atoms with Gasteiger partial charge in [-0.05, 0) is 49.7 Å². The number of aryl methyl sites for hydroxylation is 1. The standard InChI is InChI=1S/C17H22F2O2/c1-11-5-6-12(14(19)13(11)18)15(20)17(21-4)9-7-16(2,3)8-10-17/h5-6H,7-10H2,1-4H3. The number of methoxy groups -OCH3 is 1. The Kier molecular flexibility index (Phi) is 4.20. The first-order valence-electron chi connectivity index (χ1n) is 7.27. The first-order valence-corrected chi connectivity index (χ1v) is 7.27. The Morgan fingerprint density at radius 3 is 2.19 bits per heavy atom. The maximum atomic E-state index is 14.1. The minimum atomic E-state index is -1.07. The van der Waals surface area contributed by atoms with E-state index in [9.17, 15) is 13.6 Å². The van der Waals surface area contributed by atoms with E-state index in [1.807, 2.05) is 0 Å². The minimum absolute atomic E-state index is 0.152. The molecule has 0 aromatic heterocycles. The smallest absolute Gasteiger partial charge is 0.197 e. The van der Waals surface area contributed by atoms with E-state index in [4.69, 9.17) is 4.74 Å². The molecule has 1 aromatic rings. The number of carbonyl (C=O) groups is 1. The summed E-state index contributed by atoms with van der Waals surface area (Å²) in [5.41, 5.74) is -0.891. The molecule has 0 N–H and O–H groups in total. The minimum Gasteiger partial charge on any atom is -0.370 e. The van der Waals surface area contributed by atoms with Crippen LogP contribution < -0.4 is 0 Å². The van der Waals surface area contributed by atoms with Crippen molar-refractivity contribution in [3.63, 3.8) is 0 Å². The molecule has 0 amide bonds. The first-order chi connectivity index (χ1) is 9.72. The van der Waals surface area contributed by atoms with Crippen LogP contribution in [0.2, 0.25) is 0 Å². The Hall–Kier alpha value is -1.29. The second-order valence-corrected chi connectivity index (χ2v) is 6.75. The van der Waals surface area contributed by atoms with Gasteiger partial charge >= 0.3 is 0 Å². The lowest BCUT2D eigenvalue weighted by Crippen LogP contribution is -2.46. The summed E-state index contributed by atoms with van der Waals surface area (Å²) in [6, 6.07) is 2.79. The fourth-order valence-corrected chi connectivity index (χ4v) is 2.92. The molecule has 0 heterocycles. The Labute approximate surface area is 124 Å². The average Bonchev–Trinajstić information content (AvgIpc) is 2.45. The molecule has 2 rings (SSSR count). The van der Waals surface area contributed by atoms with Crippen LogP contribution in [0.25, 0.3) is 0 Å². The number of halogens is 2. The van der Waals surface area contributed by atoms with E-state index < -0.39 is 23.0 Å². The van der Waals surface area contributed by atoms with Crippen molar-refractivity contribution in [1.82, 2.24) is 0 Å². The highest BCUT2D eigenvalue weighted by Crippen LogP contribution is 2.43. The van der Waals surface area contributed by atoms with Crippen LogP contribution in [0.1, 0.15) is 55.5 Å². The van der Waals surface area contributed by atoms with Gasteiger partial charge in [0.2, 0.25) is 0 Å². The Morgan fingerprint density at radius 1 is 1.10 bits per heavy atom. The van der Waals surface area contributed by atoms with E-state index in [-0.39, 0.29) is 16.5 Å². The lowest BCUT2D eigenvalue weighted by Gasteiger charge is -2.41. The molecule has 4 heteroatoms. The molecule has 1 fully saturated rings. The van der Waals surface area contributed by atoms with E-state index in [0.717, 1.165) is 12.8 Å². The van der Waals surface area contributed by atoms with Crippen LogP contribution >= 0.6 is 0 Å². The molecule has 0 unspecified atom stereocenters. The van der Waals surface area contributed by atoms with Crippen molar-refractivity contribution >= 4 is 5.78 Å². The third kappa shape index (κ3) is 2.86. The normalized spacial score (nSPS) is 20.3. The highest BCUT2D eigenvalue weighted by molar-refractivity contribution is 6.02. The van der Waals surface area contributed by atoms with Gasteiger partial charge in [-0.1, -0.05) is 19.9 Å². The van der Waals surface area contributed by atoms with E-state index >= 15 is 0 Å². The lowest BCUT2D eigenvalue weighted by molar-refractivity contribution is -0.0385. The molecule has 2 nitrogen and oxygen atoms in total. The molecule has 0 bridgehead atoms. The number of ketones is 1. The number of hydrogen-bond donors (Lipinski definition) is 0. The number of rotatable bonds is 3. The molecule has 1 aromatic carbocycles. The van der Waals surface area contributed by atoms with Gasteiger partial charge in [-0.2, -0.15) is 0 Å². The van der Waals surface area contributed by atoms with Gasteiger partial charge in [-0.3, -0.25) is 4.79 Å². The number of benzene rings is 1. The maximum Gasteiger partial charge on any atom is 0.197 e. The summed E-state index contributed by atoms with van der Waals surface area (Å²) in [7, 11) is 1.47. The number of Topliss-reactive ketones (excluding diaryl/α,β-unsaturated/α-hetero) is 1. The van der Waals surface area contributed by atoms with Crippen molar-refractivity contribution in [2.24, 2.45) is 5.41 Å². The van der Waals surface area contributed by atoms with E-state index in [1.54, 1.807) is 0 Å². The molecular weight excluding hydrogens is 274 g/mol. The van der Waals surface area contributed by atoms with Crippen LogP contribution in [0.15, 0.2) is 12.1 Å². The van der Waals surface area contributed by atoms with Crippen molar-refractivity contribution in [1.29, 1.82) is 0 Å². The number of ether oxygens (including phenoxy) is 1. The van der Waals surface area contributed by atoms with Gasteiger partial charge in [0.05, 0.1) is 5.56 Å². The van der Waals surface area contributed by atoms with Crippen LogP contribution in [-0.2, 0) is 4.74 Å². The second-order valence-electron chi connectivity index (χ2n) is 6.75. The summed E-state index contributed by atoms with van der Waals surface area (Å²) in [6.45, 7) is 5.76. The van der Waals surface area contributed by atoms with Crippen molar-refractivity contribution in [2.45, 2.75) is 52.1 Å². The highest BCUT2D eigenvalue weighted by atomic mass is 19.2. The van der Waals surface area contributed by atoms with Gasteiger partial charge in [0.15, 0.2) is 17.4 Å². The number of hydrogen-bond acceptors (Lipinski definition) is 2. The number of carbonyl (C=O) groups excluding carboxylic acids is 1. The zero-order valence-corrected chi connectivity index (χ0v) is 13.1. The molecule has 0 aliphatic heterocycles. The third-order valence-electron chi connectivity index (χ3n) is 4.74. The van der Waals surface area contributed by atoms with Crippen LogP contribution in [0.3, 0.4) is 0 Å². The summed E-state index contributed by atoms with van der Waals surface area (Å²) < 4.78 is 33.3. The third-order valence-corrected chi connectivity index (χ3v) is 4.74. The largest absolute Gasteiger partial charge is 0.370 e. The molecule has 1 aliphatic carbocycles. The summed E-state index contributed by atoms with van der Waals surface area (Å²) >= 11 is 0. The predicted molar refractivity (Wildman–Crippen MR) is 77.4 cm³/mol. The van der Waals surface area contributed by atoms with Gasteiger partial charge in [-0.25, -0.2) is 8.78 Å². The Bertz CT molecular complexity index is 554. The van der Waals surface area contributed by atoms with Crippen LogP contribution in [0.4, 0.5) is 8.78 Å². The fraction of sp³-hybridized carbons (Fsp3) is 0.588. The van der Waals surface area contributed by atoms with Crippen molar-refractivity contribution in [3.05, 3.63) is 34.9 Å². The van der Waals surface area contributed by atoms with Crippen molar-refractivity contribution < 1.29 is 18.3 Å². The predicted octanol–water partition coefficient (Wildman–Crippen LogP) is 4.44. The highest BCUT2D eigenvalue weighted by Gasteiger charge is 2.45. The molecule has 0 spiro atoms. The quantitative estimate of drug-likeness (QED) is 0.771. The van der Waals surface area contributed by atoms with Crippen molar-refractivity contribution in [2.75, 3.05) is 7.11 Å². The topological polar surface area (TPSA) is 26.3 Å². The Balaban J connectivity index is 2.36. The van der Waals surface area contributed by atoms with Crippen LogP contribution in [0, 0.1) is 24.0 Å². The maximum absolute atomic E-state index is 14.1. The molecule has 1 aliphatic rings. The Morgan fingerprint density at radius 2 is 1.67 bits per heavy atom. The molecule has 0 saturated heterocycles. The van der Waals surface area contributed by atoms with Gasteiger partial charge in [-0.15, -0.1) is 0 Å². The average molecular weight is 296 g/mol. The molecule has 0 atom stereocenters. The molecule has 116 valence electrons. The summed E-state index contributed by atoms with van der Waals surface area (Å²) in [4.78, 5) is 12.7. The molecule has 0 radical (unpaired) electrons. The molecular formula is C17H22F2O2. The lowest BCUT2D eigenvalue weighted by atomic mass is 9.68. The van der Waals surface area contributed by atoms with Crippen LogP contribution in [-0.4, -0.2) is 18.5 Å². The summed E-state index contributed by atoms with van der Waals surface area (Å²) in [5.74, 6) is -2.47. The van der Waals surface area contributed by atoms with Gasteiger partial charge < -0.3 is 4.74 Å². The van der Waals surface area contributed by atoms with Crippen molar-refractivity contribution in [3.8, 4) is 0 Å². The zero-order valence-electron chi connectivity index (χ0n) is 13.1. The van der Waals surface area contributed by atoms with Gasteiger partial charge in [0.1, 0.15) is 5.60 Å². The van der Waals surface area contributed by atoms with E-state index in [1.165, 1.54) is 26.2 Å². The van der Waals surface area contributed by atoms with Gasteiger partial charge in [0, 0.05) is 7.11 Å². The van der Waals surface area contributed by atoms with E-state index in [2.05, 4.69) is 13.8 Å². The summed E-state index contributed by atoms with van der Waals surface area (Å²) in [6.07, 6.45) is 2.71. The fourth-order valence-electron chi connectivity index (χ4n) is 2.92. The second kappa shape index (κ2) is 5.48. The summed E-state index contributed by atoms with van der Waals surface area (Å²) in [5, 5.41) is 0. The monoisotopic (exact) mass is 296 g/mol. The molecule has 1 saturated carbocycles. The van der Waals surface area contributed by atoms with Crippen LogP contribution in [0.5, 0.6) is 0 Å². The van der Waals surface area contributed by atoms with E-state index in [0.29, 0.717) is 12.8 Å².